The van der Waals surface area contributed by atoms with E-state index in [9.17, 15) is 89.1 Å². The summed E-state index contributed by atoms with van der Waals surface area (Å²) in [5, 5.41) is 103. The van der Waals surface area contributed by atoms with Crippen molar-refractivity contribution in [2.75, 3.05) is 124 Å². The van der Waals surface area contributed by atoms with Gasteiger partial charge in [0.1, 0.15) is 67.1 Å². The Hall–Kier alpha value is -6.25. The maximum Gasteiger partial charge on any atom is 0.450 e. The van der Waals surface area contributed by atoms with Crippen molar-refractivity contribution in [2.24, 2.45) is 14.1 Å². The van der Waals surface area contributed by atoms with Crippen LogP contribution >= 0.6 is 46.6 Å². The molecule has 5 aliphatic heterocycles. The number of aromatic amines is 4. The molecule has 10 heterocycles. The number of hydrogen-bond donors (Lipinski definition) is 16. The molecule has 5 aromatic rings. The Bertz CT molecular complexity index is 5530. The normalized spacial score (nSPS) is 26.1. The van der Waals surface area contributed by atoms with Crippen LogP contribution in [0.2, 0.25) is 0 Å². The minimum Gasteiger partial charge on any atom is -0.388 e. The van der Waals surface area contributed by atoms with Gasteiger partial charge in [0.25, 0.3) is 22.2 Å². The van der Waals surface area contributed by atoms with Crippen LogP contribution in [-0.2, 0) is 68.7 Å². The number of nitrogens with one attached hydrogen (secondary N) is 7. The third-order valence-corrected chi connectivity index (χ3v) is 29.9. The van der Waals surface area contributed by atoms with Crippen LogP contribution in [0.25, 0.3) is 0 Å². The first-order valence-electron chi connectivity index (χ1n) is 43.5. The maximum atomic E-state index is 12.4. The molecule has 0 radical (unpaired) electrons. The molecule has 10 rings (SSSR count). The fraction of sp³-hybridized carbons (Fsp3) is 0.655. The molecule has 0 amide bonds. The minimum absolute atomic E-state index is 0.153. The van der Waals surface area contributed by atoms with E-state index in [1.54, 1.807) is 13.1 Å². The molecule has 0 unspecified atom stereocenters. The Balaban J connectivity index is 0.000000253. The molecule has 5 aromatic heterocycles. The lowest BCUT2D eigenvalue weighted by Gasteiger charge is -2.21. The number of H-pyrrole nitrogens is 4. The lowest BCUT2D eigenvalue weighted by molar-refractivity contribution is -0.696. The minimum atomic E-state index is -1.30. The van der Waals surface area contributed by atoms with E-state index < -0.39 is 202 Å². The number of aromatic nitrogens is 11. The second-order valence-electron chi connectivity index (χ2n) is 38.3. The SMILES string of the molecule is C=P(C)(C)CC[C@H]1O[C@@H](c2cn(CC)c(=O)[nH]c2=O)[C@H](O)[C@@H]1O.C=P(C)(C)CC[C@H]1O[C@@H](n2c[n+](C)c(=O)n(C)c2=O)[C@H](O)[C@@H]1O.C=P(C)(C)CC[C@H]1O[C@@H](n2cc(CNCC=C(C)C)c(=O)[nH]c2=O)[C@H](O)[C@@H]1O.C=P(C)(C)CC[C@H]1O[C@@H](n2cc(CNCC=C(C)C)c(=O)[nH]c2=O)[C@H](OC)[C@@H]1O.C=P(C)(C)CC[C@H]1O[C@@H](n2cc(CNCC=C(C)C)c(=O)[nH]c2=S)[C@H](O)[C@@H]1O. The first-order chi connectivity index (χ1) is 60.7. The first kappa shape index (κ1) is 113. The molecule has 44 heteroatoms. The molecule has 5 fully saturated rings. The lowest BCUT2D eigenvalue weighted by atomic mass is 10.0. The van der Waals surface area contributed by atoms with Gasteiger partial charge in [0, 0.05) is 94.4 Å². The summed E-state index contributed by atoms with van der Waals surface area (Å²) in [5.74, 6) is 0. The van der Waals surface area contributed by atoms with Gasteiger partial charge in [-0.15, -0.1) is 65.9 Å². The van der Waals surface area contributed by atoms with Crippen molar-refractivity contribution < 1.29 is 78.9 Å². The molecular formula is C87H148N14O24P5S+. The number of aliphatic hydroxyl groups excluding tert-OH is 9. The summed E-state index contributed by atoms with van der Waals surface area (Å²) in [7, 11) is 4.33. The highest BCUT2D eigenvalue weighted by Gasteiger charge is 2.50. The monoisotopic (exact) mass is 1960 g/mol. The largest absolute Gasteiger partial charge is 0.450 e. The predicted octanol–water partition coefficient (Wildman–Crippen LogP) is 0.864. The molecule has 5 aliphatic rings. The third kappa shape index (κ3) is 33.9. The van der Waals surface area contributed by atoms with Crippen LogP contribution in [0.1, 0.15) is 134 Å². The van der Waals surface area contributed by atoms with E-state index in [1.165, 1.54) is 75.5 Å². The second-order valence-corrected chi connectivity index (χ2v) is 60.3. The van der Waals surface area contributed by atoms with Crippen molar-refractivity contribution in [3.63, 3.8) is 0 Å². The van der Waals surface area contributed by atoms with Crippen molar-refractivity contribution in [3.05, 3.63) is 187 Å². The number of rotatable bonds is 34. The lowest BCUT2D eigenvalue weighted by Crippen LogP contribution is -2.58. The molecule has 0 spiro atoms. The fourth-order valence-corrected chi connectivity index (χ4v) is 19.6. The average Bonchev–Trinajstić information content (AvgIpc) is 1.68. The zero-order valence-corrected chi connectivity index (χ0v) is 84.9. The average molecular weight is 1960 g/mol. The van der Waals surface area contributed by atoms with Crippen LogP contribution in [0.15, 0.2) is 109 Å². The quantitative estimate of drug-likeness (QED) is 0.00893. The van der Waals surface area contributed by atoms with Crippen LogP contribution in [-0.4, -0.2) is 341 Å². The van der Waals surface area contributed by atoms with Crippen molar-refractivity contribution in [3.8, 4) is 0 Å². The highest BCUT2D eigenvalue weighted by Crippen LogP contribution is 2.45. The number of ether oxygens (including phenoxy) is 6. The smallest absolute Gasteiger partial charge is 0.388 e. The number of aliphatic hydroxyl groups is 9. The van der Waals surface area contributed by atoms with Gasteiger partial charge in [-0.1, -0.05) is 34.9 Å². The van der Waals surface area contributed by atoms with E-state index in [2.05, 4.69) is 134 Å². The molecule has 0 saturated carbocycles. The molecule has 16 N–H and O–H groups in total. The molecule has 0 aliphatic carbocycles. The highest BCUT2D eigenvalue weighted by atomic mass is 32.1. The molecule has 5 saturated heterocycles. The van der Waals surface area contributed by atoms with E-state index in [-0.39, 0.29) is 22.4 Å². The summed E-state index contributed by atoms with van der Waals surface area (Å²) in [5.41, 5.74) is 0.258. The zero-order valence-electron chi connectivity index (χ0n) is 79.6. The van der Waals surface area contributed by atoms with Crippen LogP contribution in [0, 0.1) is 4.77 Å². The van der Waals surface area contributed by atoms with E-state index in [0.717, 1.165) is 50.1 Å². The molecule has 740 valence electrons. The Morgan fingerprint density at radius 1 is 0.443 bits per heavy atom. The standard InChI is InChI=1S/C20H34N3O5P.C19H32N3O5P.C19H32N3O4PS.C15H25N2O5P.C14H25N3O5P/c1-13(2)7-9-21-11-14-12-23(20(26)22-18(14)25)19-17(27-3)16(24)15(28-19)8-10-29(4,5)6;1-12(2)6-8-20-10-13-11-22(19(26)21-17(13)25)18-16(24)15(23)14(27-18)7-9-28(3,4)5;1-12(2)6-8-20-10-13-11-22(19(28)21-17(13)25)18-16(24)15(23)14(26-18)7-9-27(3,4)5;1-5-17-8-9(14(20)16-15(17)21)13-12(19)11(18)10(22-13)6-7-23(2,3)4;1-15-8-17(14(21)16(2)13(15)20)12-11(19)10(18)9(22-12)6-7-23(3,4)5/h7,12,15-17,19,21,24H,4,8-11H2,1-3,5-6H3,(H,22,25,26);6,11,14-16,18,20,23-24H,3,7-10H2,1-2,4-5H3,(H,21,25,26);6,11,14-16,18,20,23-24H,3,7-10H2,1-2,4-5H3,(H,21,25,28);8,10-13,18-19H,2,5-7H2,1,3-4H3,(H,16,20,21);8-12,18-19H,3,6-7H2,1-2,4-5H3/q;;;;+1/t15-,16-,17-,19-;2*14-,15-,16-,18-;10-,11-,12-,13+;9-,10-,11-,12-/m11111/s1. The Kier molecular flexibility index (Phi) is 43.0. The molecule has 0 aromatic carbocycles. The van der Waals surface area contributed by atoms with Crippen LogP contribution in [0.5, 0.6) is 0 Å². The summed E-state index contributed by atoms with van der Waals surface area (Å²) >= 11 is 5.26. The zero-order chi connectivity index (χ0) is 98.8. The molecule has 20 atom stereocenters. The van der Waals surface area contributed by atoms with Crippen LogP contribution < -0.4 is 71.2 Å². The number of methoxy groups -OCH3 is 1. The summed E-state index contributed by atoms with van der Waals surface area (Å²) in [6.07, 6.45) is 23.0. The highest BCUT2D eigenvalue weighted by molar-refractivity contribution is 7.73. The first-order valence-corrected chi connectivity index (χ1v) is 59.2. The van der Waals surface area contributed by atoms with E-state index in [1.807, 2.05) is 59.8 Å². The Labute approximate surface area is 770 Å². The van der Waals surface area contributed by atoms with Gasteiger partial charge >= 0.3 is 28.4 Å². The van der Waals surface area contributed by atoms with Gasteiger partial charge in [-0.05, 0) is 190 Å². The summed E-state index contributed by atoms with van der Waals surface area (Å²) in [4.78, 5) is 118. The van der Waals surface area contributed by atoms with Crippen molar-refractivity contribution in [1.29, 1.82) is 0 Å². The summed E-state index contributed by atoms with van der Waals surface area (Å²) < 4.78 is 43.4. The molecule has 131 heavy (non-hydrogen) atoms. The van der Waals surface area contributed by atoms with Gasteiger partial charge in [0.05, 0.1) is 50.2 Å². The number of aryl methyl sites for hydroxylation is 2. The molecule has 38 nitrogen and oxygen atoms in total. The topological polar surface area (TPSA) is 524 Å². The van der Waals surface area contributed by atoms with Crippen LogP contribution in [0.4, 0.5) is 0 Å². The van der Waals surface area contributed by atoms with E-state index >= 15 is 0 Å². The third-order valence-electron chi connectivity index (χ3n) is 22.3. The maximum absolute atomic E-state index is 12.4. The van der Waals surface area contributed by atoms with Gasteiger partial charge in [0.15, 0.2) is 23.5 Å². The predicted molar refractivity (Wildman–Crippen MR) is 531 cm³/mol. The van der Waals surface area contributed by atoms with Gasteiger partial charge in [-0.2, -0.15) is 9.13 Å². The van der Waals surface area contributed by atoms with E-state index in [4.69, 9.17) is 40.6 Å². The number of hydrogen-bond acceptors (Lipinski definition) is 28. The fourth-order valence-electron chi connectivity index (χ4n) is 14.5. The van der Waals surface area contributed by atoms with Gasteiger partial charge in [-0.3, -0.25) is 52.8 Å². The van der Waals surface area contributed by atoms with Crippen molar-refractivity contribution >= 4 is 78.1 Å². The second kappa shape index (κ2) is 49.7. The molecule has 0 bridgehead atoms. The summed E-state index contributed by atoms with van der Waals surface area (Å²) in [6, 6.07) is 0. The van der Waals surface area contributed by atoms with Crippen molar-refractivity contribution in [2.45, 2.75) is 229 Å². The van der Waals surface area contributed by atoms with Gasteiger partial charge < -0.3 is 94.9 Å². The Morgan fingerprint density at radius 3 is 1.11 bits per heavy atom. The van der Waals surface area contributed by atoms with Gasteiger partial charge in [-0.25, -0.2) is 28.5 Å². The number of nitrogens with zero attached hydrogens (tertiary/aromatic N) is 7. The molecular weight excluding hydrogens is 1810 g/mol. The van der Waals surface area contributed by atoms with Crippen LogP contribution in [0.3, 0.4) is 0 Å². The Morgan fingerprint density at radius 2 is 0.756 bits per heavy atom. The number of allylic oxidation sites excluding steroid dienone is 3. The summed E-state index contributed by atoms with van der Waals surface area (Å²) in [6.45, 7) is 31.5. The van der Waals surface area contributed by atoms with Crippen molar-refractivity contribution in [1.82, 2.24) is 63.3 Å². The van der Waals surface area contributed by atoms with Gasteiger partial charge in [0.2, 0.25) is 12.6 Å². The van der Waals surface area contributed by atoms with E-state index in [0.29, 0.717) is 88.1 Å².